The fourth-order valence-electron chi connectivity index (χ4n) is 2.69. The molecule has 26 heavy (non-hydrogen) atoms. The number of hydrogen-bond donors (Lipinski definition) is 1. The molecular weight excluding hydrogens is 358 g/mol. The summed E-state index contributed by atoms with van der Waals surface area (Å²) in [5.41, 5.74) is 1.65. The van der Waals surface area contributed by atoms with Crippen molar-refractivity contribution < 1.29 is 22.7 Å². The number of nitrogens with zero attached hydrogens (tertiary/aromatic N) is 2. The topological polar surface area (TPSA) is 96.0 Å². The number of benzene rings is 1. The largest absolute Gasteiger partial charge is 0.448 e. The molecule has 0 spiro atoms. The predicted molar refractivity (Wildman–Crippen MR) is 96.3 cm³/mol. The number of rotatable bonds is 8. The van der Waals surface area contributed by atoms with Crippen molar-refractivity contribution in [1.82, 2.24) is 14.5 Å². The van der Waals surface area contributed by atoms with Crippen LogP contribution in [0.1, 0.15) is 17.5 Å². The number of carbonyl (C=O) groups excluding carboxylic acids is 2. The van der Waals surface area contributed by atoms with Crippen LogP contribution in [-0.2, 0) is 19.6 Å². The monoisotopic (exact) mass is 383 g/mol. The molecule has 0 atom stereocenters. The molecule has 1 N–H and O–H groups in total. The Kier molecular flexibility index (Phi) is 6.60. The molecule has 0 unspecified atom stereocenters. The maximum absolute atomic E-state index is 12.4. The van der Waals surface area contributed by atoms with Gasteiger partial charge in [-0.25, -0.2) is 17.9 Å². The van der Waals surface area contributed by atoms with Crippen LogP contribution in [0.25, 0.3) is 0 Å². The Morgan fingerprint density at radius 3 is 2.69 bits per heavy atom. The van der Waals surface area contributed by atoms with Crippen molar-refractivity contribution >= 4 is 22.0 Å². The quantitative estimate of drug-likeness (QED) is 0.719. The van der Waals surface area contributed by atoms with E-state index in [2.05, 4.69) is 4.72 Å². The Morgan fingerprint density at radius 1 is 1.35 bits per heavy atom. The molecule has 144 valence electrons. The van der Waals surface area contributed by atoms with Crippen LogP contribution in [0.5, 0.6) is 0 Å². The van der Waals surface area contributed by atoms with Crippen LogP contribution < -0.4 is 4.72 Å². The Balaban J connectivity index is 1.80. The summed E-state index contributed by atoms with van der Waals surface area (Å²) in [4.78, 5) is 26.7. The van der Waals surface area contributed by atoms with Crippen molar-refractivity contribution in [2.45, 2.75) is 25.2 Å². The second-order valence-electron chi connectivity index (χ2n) is 6.33. The molecule has 1 aromatic carbocycles. The first-order valence-electron chi connectivity index (χ1n) is 8.43. The highest BCUT2D eigenvalue weighted by Crippen LogP contribution is 2.16. The average molecular weight is 383 g/mol. The smallest absolute Gasteiger partial charge is 0.409 e. The molecular formula is C17H25N3O5S. The molecule has 0 saturated carbocycles. The van der Waals surface area contributed by atoms with E-state index in [1.165, 1.54) is 9.80 Å². The van der Waals surface area contributed by atoms with Crippen molar-refractivity contribution in [2.75, 3.05) is 39.8 Å². The van der Waals surface area contributed by atoms with E-state index in [-0.39, 0.29) is 29.9 Å². The van der Waals surface area contributed by atoms with Gasteiger partial charge in [-0.1, -0.05) is 17.7 Å². The summed E-state index contributed by atoms with van der Waals surface area (Å²) in [7, 11) is -2.02. The van der Waals surface area contributed by atoms with Crippen LogP contribution in [-0.4, -0.2) is 70.1 Å². The molecule has 1 saturated heterocycles. The minimum Gasteiger partial charge on any atom is -0.448 e. The number of aryl methyl sites for hydroxylation is 2. The van der Waals surface area contributed by atoms with Crippen molar-refractivity contribution in [3.8, 4) is 0 Å². The van der Waals surface area contributed by atoms with Gasteiger partial charge in [0.15, 0.2) is 0 Å². The Morgan fingerprint density at radius 2 is 2.08 bits per heavy atom. The number of nitrogens with one attached hydrogen (secondary N) is 1. The molecule has 8 nitrogen and oxygen atoms in total. The van der Waals surface area contributed by atoms with Gasteiger partial charge in [-0.2, -0.15) is 0 Å². The zero-order valence-electron chi connectivity index (χ0n) is 15.3. The standard InChI is InChI=1S/C17H25N3O5S/c1-13-4-5-15(14(2)12-13)26(23,24)18-7-6-16(21)19(3)8-9-20-10-11-25-17(20)22/h4-5,12,18H,6-11H2,1-3H3. The number of amides is 2. The lowest BCUT2D eigenvalue weighted by Crippen LogP contribution is -2.38. The Bertz CT molecular complexity index is 779. The van der Waals surface area contributed by atoms with E-state index < -0.39 is 10.0 Å². The maximum Gasteiger partial charge on any atom is 0.409 e. The van der Waals surface area contributed by atoms with E-state index in [1.54, 1.807) is 32.2 Å². The minimum atomic E-state index is -3.65. The summed E-state index contributed by atoms with van der Waals surface area (Å²) in [5.74, 6) is -0.194. The van der Waals surface area contributed by atoms with Gasteiger partial charge in [-0.15, -0.1) is 0 Å². The third-order valence-corrected chi connectivity index (χ3v) is 5.85. The van der Waals surface area contributed by atoms with Crippen LogP contribution in [0.15, 0.2) is 23.1 Å². The molecule has 1 aromatic rings. The predicted octanol–water partition coefficient (Wildman–Crippen LogP) is 0.882. The summed E-state index contributed by atoms with van der Waals surface area (Å²) in [5, 5.41) is 0. The molecule has 2 rings (SSSR count). The lowest BCUT2D eigenvalue weighted by atomic mass is 10.2. The van der Waals surface area contributed by atoms with E-state index in [0.29, 0.717) is 31.8 Å². The van der Waals surface area contributed by atoms with Gasteiger partial charge < -0.3 is 14.5 Å². The number of hydrogen-bond acceptors (Lipinski definition) is 5. The van der Waals surface area contributed by atoms with Crippen molar-refractivity contribution in [1.29, 1.82) is 0 Å². The van der Waals surface area contributed by atoms with Gasteiger partial charge in [0.1, 0.15) is 6.61 Å². The molecule has 9 heteroatoms. The van der Waals surface area contributed by atoms with Gasteiger partial charge >= 0.3 is 6.09 Å². The molecule has 1 heterocycles. The van der Waals surface area contributed by atoms with Gasteiger partial charge in [0.25, 0.3) is 0 Å². The molecule has 2 amide bonds. The van der Waals surface area contributed by atoms with Gasteiger partial charge in [-0.05, 0) is 25.5 Å². The number of ether oxygens (including phenoxy) is 1. The number of cyclic esters (lactones) is 1. The van der Waals surface area contributed by atoms with Gasteiger partial charge in [-0.3, -0.25) is 4.79 Å². The second kappa shape index (κ2) is 8.50. The SMILES string of the molecule is Cc1ccc(S(=O)(=O)NCCC(=O)N(C)CCN2CCOC2=O)c(C)c1. The van der Waals surface area contributed by atoms with Crippen LogP contribution >= 0.6 is 0 Å². The molecule has 1 aliphatic heterocycles. The zero-order chi connectivity index (χ0) is 19.3. The molecule has 0 aliphatic carbocycles. The fraction of sp³-hybridized carbons (Fsp3) is 0.529. The first-order valence-corrected chi connectivity index (χ1v) is 9.91. The molecule has 0 bridgehead atoms. The van der Waals surface area contributed by atoms with E-state index in [0.717, 1.165) is 5.56 Å². The average Bonchev–Trinajstić information content (AvgIpc) is 2.97. The Labute approximate surface area is 154 Å². The highest BCUT2D eigenvalue weighted by Gasteiger charge is 2.22. The first kappa shape index (κ1) is 20.2. The van der Waals surface area contributed by atoms with Crippen LogP contribution in [0.2, 0.25) is 0 Å². The number of likely N-dealkylation sites (N-methyl/N-ethyl adjacent to an activating group) is 1. The molecule has 1 fully saturated rings. The van der Waals surface area contributed by atoms with E-state index in [9.17, 15) is 18.0 Å². The lowest BCUT2D eigenvalue weighted by molar-refractivity contribution is -0.129. The van der Waals surface area contributed by atoms with Crippen LogP contribution in [0.3, 0.4) is 0 Å². The summed E-state index contributed by atoms with van der Waals surface area (Å²) in [6.07, 6.45) is -0.322. The van der Waals surface area contributed by atoms with Crippen LogP contribution in [0, 0.1) is 13.8 Å². The minimum absolute atomic E-state index is 0.0184. The third-order valence-electron chi connectivity index (χ3n) is 4.23. The van der Waals surface area contributed by atoms with Gasteiger partial charge in [0.05, 0.1) is 11.4 Å². The van der Waals surface area contributed by atoms with E-state index in [1.807, 2.05) is 6.92 Å². The van der Waals surface area contributed by atoms with E-state index >= 15 is 0 Å². The first-order chi connectivity index (χ1) is 12.2. The van der Waals surface area contributed by atoms with Gasteiger partial charge in [0.2, 0.25) is 15.9 Å². The molecule has 0 radical (unpaired) electrons. The number of sulfonamides is 1. The van der Waals surface area contributed by atoms with Crippen LogP contribution in [0.4, 0.5) is 4.79 Å². The van der Waals surface area contributed by atoms with Crippen molar-refractivity contribution in [2.24, 2.45) is 0 Å². The molecule has 0 aromatic heterocycles. The highest BCUT2D eigenvalue weighted by molar-refractivity contribution is 7.89. The maximum atomic E-state index is 12.4. The highest BCUT2D eigenvalue weighted by atomic mass is 32.2. The lowest BCUT2D eigenvalue weighted by Gasteiger charge is -2.20. The summed E-state index contributed by atoms with van der Waals surface area (Å²) < 4.78 is 32.0. The molecule has 1 aliphatic rings. The third kappa shape index (κ3) is 5.18. The fourth-order valence-corrected chi connectivity index (χ4v) is 3.94. The zero-order valence-corrected chi connectivity index (χ0v) is 16.1. The van der Waals surface area contributed by atoms with E-state index in [4.69, 9.17) is 4.74 Å². The van der Waals surface area contributed by atoms with Crippen molar-refractivity contribution in [3.05, 3.63) is 29.3 Å². The number of carbonyl (C=O) groups is 2. The summed E-state index contributed by atoms with van der Waals surface area (Å²) in [6.45, 7) is 5.32. The van der Waals surface area contributed by atoms with Crippen molar-refractivity contribution in [3.63, 3.8) is 0 Å². The second-order valence-corrected chi connectivity index (χ2v) is 8.07. The Hall–Kier alpha value is -2.13. The normalized spacial score (nSPS) is 14.4. The van der Waals surface area contributed by atoms with Gasteiger partial charge in [0, 0.05) is 33.1 Å². The summed E-state index contributed by atoms with van der Waals surface area (Å²) in [6, 6.07) is 5.11. The summed E-state index contributed by atoms with van der Waals surface area (Å²) >= 11 is 0.